The lowest BCUT2D eigenvalue weighted by Crippen LogP contribution is -2.47. The summed E-state index contributed by atoms with van der Waals surface area (Å²) in [6.07, 6.45) is 5.89. The van der Waals surface area contributed by atoms with Gasteiger partial charge in [0.05, 0.1) is 6.54 Å². The molecule has 5 nitrogen and oxygen atoms in total. The maximum atomic E-state index is 12.2. The van der Waals surface area contributed by atoms with E-state index in [1.54, 1.807) is 7.05 Å². The molecular formula is C19H29IN4O. The van der Waals surface area contributed by atoms with Crippen molar-refractivity contribution in [3.05, 3.63) is 35.9 Å². The molecule has 2 fully saturated rings. The predicted molar refractivity (Wildman–Crippen MR) is 113 cm³/mol. The van der Waals surface area contributed by atoms with Crippen molar-refractivity contribution >= 4 is 35.8 Å². The maximum Gasteiger partial charge on any atom is 0.241 e. The summed E-state index contributed by atoms with van der Waals surface area (Å²) in [6, 6.07) is 10.6. The van der Waals surface area contributed by atoms with Gasteiger partial charge in [0.1, 0.15) is 0 Å². The Morgan fingerprint density at radius 1 is 1.12 bits per heavy atom. The minimum absolute atomic E-state index is 0. The van der Waals surface area contributed by atoms with E-state index in [2.05, 4.69) is 46.0 Å². The Labute approximate surface area is 167 Å². The van der Waals surface area contributed by atoms with Crippen LogP contribution in [0.15, 0.2) is 35.3 Å². The van der Waals surface area contributed by atoms with Crippen molar-refractivity contribution in [3.63, 3.8) is 0 Å². The van der Waals surface area contributed by atoms with Crippen LogP contribution in [0.1, 0.15) is 37.7 Å². The summed E-state index contributed by atoms with van der Waals surface area (Å²) in [7, 11) is 1.75. The van der Waals surface area contributed by atoms with Crippen molar-refractivity contribution in [2.24, 2.45) is 4.99 Å². The van der Waals surface area contributed by atoms with Gasteiger partial charge in [0.25, 0.3) is 0 Å². The molecule has 0 atom stereocenters. The fraction of sp³-hybridized carbons (Fsp3) is 0.579. The third-order valence-electron chi connectivity index (χ3n) is 5.17. The molecule has 1 aliphatic heterocycles. The molecule has 1 aromatic rings. The van der Waals surface area contributed by atoms with Gasteiger partial charge in [-0.25, -0.2) is 0 Å². The second-order valence-electron chi connectivity index (χ2n) is 6.87. The number of guanidine groups is 1. The molecule has 0 bridgehead atoms. The summed E-state index contributed by atoms with van der Waals surface area (Å²) < 4.78 is 0. The molecule has 0 unspecified atom stereocenters. The molecule has 25 heavy (non-hydrogen) atoms. The highest BCUT2D eigenvalue weighted by molar-refractivity contribution is 14.0. The van der Waals surface area contributed by atoms with Crippen LogP contribution in [0.2, 0.25) is 0 Å². The second kappa shape index (κ2) is 9.40. The van der Waals surface area contributed by atoms with Crippen molar-refractivity contribution < 1.29 is 4.79 Å². The Kier molecular flexibility index (Phi) is 7.53. The first-order valence-electron chi connectivity index (χ1n) is 9.01. The summed E-state index contributed by atoms with van der Waals surface area (Å²) in [5.41, 5.74) is 1.62. The van der Waals surface area contributed by atoms with Crippen LogP contribution in [0.25, 0.3) is 0 Å². The normalized spacial score (nSPS) is 18.9. The number of carbonyl (C=O) groups excluding carboxylic acids is 1. The van der Waals surface area contributed by atoms with E-state index >= 15 is 0 Å². The van der Waals surface area contributed by atoms with Crippen LogP contribution < -0.4 is 10.6 Å². The first-order valence-corrected chi connectivity index (χ1v) is 9.01. The van der Waals surface area contributed by atoms with E-state index in [0.717, 1.165) is 32.5 Å². The Bertz CT molecular complexity index is 580. The van der Waals surface area contributed by atoms with Crippen molar-refractivity contribution in [1.29, 1.82) is 0 Å². The first kappa shape index (κ1) is 20.0. The fourth-order valence-corrected chi connectivity index (χ4v) is 3.40. The Hall–Kier alpha value is -1.31. The number of nitrogens with zero attached hydrogens (tertiary/aromatic N) is 2. The number of benzene rings is 1. The lowest BCUT2D eigenvalue weighted by atomic mass is 9.96. The van der Waals surface area contributed by atoms with Gasteiger partial charge in [0.2, 0.25) is 5.91 Å². The summed E-state index contributed by atoms with van der Waals surface area (Å²) >= 11 is 0. The molecule has 0 aromatic heterocycles. The number of carbonyl (C=O) groups is 1. The number of hydrogen-bond acceptors (Lipinski definition) is 2. The minimum atomic E-state index is 0. The van der Waals surface area contributed by atoms with Crippen molar-refractivity contribution in [3.8, 4) is 0 Å². The number of likely N-dealkylation sites (tertiary alicyclic amines) is 1. The van der Waals surface area contributed by atoms with Crippen LogP contribution in [0.5, 0.6) is 0 Å². The van der Waals surface area contributed by atoms with Crippen LogP contribution in [0.3, 0.4) is 0 Å². The minimum Gasteiger partial charge on any atom is -0.356 e. The van der Waals surface area contributed by atoms with Gasteiger partial charge in [-0.3, -0.25) is 9.79 Å². The number of halogens is 1. The lowest BCUT2D eigenvalue weighted by molar-refractivity contribution is -0.130. The molecule has 0 spiro atoms. The zero-order valence-electron chi connectivity index (χ0n) is 15.0. The van der Waals surface area contributed by atoms with Crippen LogP contribution in [-0.2, 0) is 10.2 Å². The van der Waals surface area contributed by atoms with E-state index in [9.17, 15) is 4.79 Å². The maximum absolute atomic E-state index is 12.2. The molecule has 1 saturated carbocycles. The van der Waals surface area contributed by atoms with E-state index in [-0.39, 0.29) is 35.3 Å². The molecule has 2 aliphatic rings. The highest BCUT2D eigenvalue weighted by atomic mass is 127. The average Bonchev–Trinajstić information content (AvgIpc) is 3.44. The quantitative estimate of drug-likeness (QED) is 0.407. The number of rotatable bonds is 5. The van der Waals surface area contributed by atoms with E-state index < -0.39 is 0 Å². The predicted octanol–water partition coefficient (Wildman–Crippen LogP) is 2.51. The molecule has 138 valence electrons. The molecule has 1 saturated heterocycles. The van der Waals surface area contributed by atoms with Gasteiger partial charge in [0, 0.05) is 32.1 Å². The first-order chi connectivity index (χ1) is 11.7. The summed E-state index contributed by atoms with van der Waals surface area (Å²) in [5.74, 6) is 0.879. The Morgan fingerprint density at radius 2 is 1.80 bits per heavy atom. The molecule has 1 aliphatic carbocycles. The summed E-state index contributed by atoms with van der Waals surface area (Å²) in [6.45, 7) is 2.96. The van der Waals surface area contributed by atoms with Crippen LogP contribution >= 0.6 is 24.0 Å². The second-order valence-corrected chi connectivity index (χ2v) is 6.87. The smallest absolute Gasteiger partial charge is 0.241 e. The summed E-state index contributed by atoms with van der Waals surface area (Å²) in [5, 5.41) is 6.56. The highest BCUT2D eigenvalue weighted by Crippen LogP contribution is 2.47. The third kappa shape index (κ3) is 5.33. The largest absolute Gasteiger partial charge is 0.356 e. The molecule has 1 heterocycles. The number of nitrogens with one attached hydrogen (secondary N) is 2. The van der Waals surface area contributed by atoms with Gasteiger partial charge in [-0.15, -0.1) is 24.0 Å². The van der Waals surface area contributed by atoms with Crippen LogP contribution in [-0.4, -0.2) is 50.0 Å². The van der Waals surface area contributed by atoms with E-state index in [4.69, 9.17) is 0 Å². The number of hydrogen-bond donors (Lipinski definition) is 2. The highest BCUT2D eigenvalue weighted by Gasteiger charge is 2.44. The number of aliphatic imine (C=N–C) groups is 1. The van der Waals surface area contributed by atoms with Crippen molar-refractivity contribution in [2.45, 2.75) is 37.5 Å². The summed E-state index contributed by atoms with van der Waals surface area (Å²) in [4.78, 5) is 18.4. The van der Waals surface area contributed by atoms with Crippen molar-refractivity contribution in [1.82, 2.24) is 15.5 Å². The molecule has 1 aromatic carbocycles. The van der Waals surface area contributed by atoms with Crippen LogP contribution in [0, 0.1) is 0 Å². The molecule has 3 rings (SSSR count). The van der Waals surface area contributed by atoms with Gasteiger partial charge < -0.3 is 15.5 Å². The van der Waals surface area contributed by atoms with Gasteiger partial charge >= 0.3 is 0 Å². The number of amides is 1. The Balaban J connectivity index is 0.00000225. The standard InChI is InChI=1S/C19H28N4O.HI/c1-20-18(21-14-17(24)23-12-6-3-7-13-23)22-15-19(10-11-19)16-8-4-2-5-9-16;/h2,4-5,8-9H,3,6-7,10-15H2,1H3,(H2,20,21,22);1H. The zero-order valence-corrected chi connectivity index (χ0v) is 17.3. The monoisotopic (exact) mass is 456 g/mol. The van der Waals surface area contributed by atoms with Crippen LogP contribution in [0.4, 0.5) is 0 Å². The van der Waals surface area contributed by atoms with E-state index in [0.29, 0.717) is 12.5 Å². The third-order valence-corrected chi connectivity index (χ3v) is 5.17. The average molecular weight is 456 g/mol. The van der Waals surface area contributed by atoms with E-state index in [1.165, 1.54) is 24.8 Å². The topological polar surface area (TPSA) is 56.7 Å². The van der Waals surface area contributed by atoms with Gasteiger partial charge in [-0.1, -0.05) is 30.3 Å². The molecule has 6 heteroatoms. The molecule has 2 N–H and O–H groups in total. The Morgan fingerprint density at radius 3 is 2.40 bits per heavy atom. The number of piperidine rings is 1. The van der Waals surface area contributed by atoms with Crippen molar-refractivity contribution in [2.75, 3.05) is 33.2 Å². The zero-order chi connectivity index (χ0) is 16.8. The van der Waals surface area contributed by atoms with Gasteiger partial charge in [-0.2, -0.15) is 0 Å². The van der Waals surface area contributed by atoms with Gasteiger partial charge in [0.15, 0.2) is 5.96 Å². The molecular weight excluding hydrogens is 427 g/mol. The lowest BCUT2D eigenvalue weighted by Gasteiger charge is -2.27. The molecule has 0 radical (unpaired) electrons. The van der Waals surface area contributed by atoms with Gasteiger partial charge in [-0.05, 0) is 37.7 Å². The SMILES string of the molecule is CN=C(NCC(=O)N1CCCCC1)NCC1(c2ccccc2)CC1.I. The fourth-order valence-electron chi connectivity index (χ4n) is 3.40. The van der Waals surface area contributed by atoms with E-state index in [1.807, 2.05) is 4.90 Å². The molecule has 1 amide bonds.